The normalized spacial score (nSPS) is 19.5. The van der Waals surface area contributed by atoms with Crippen LogP contribution < -0.4 is 4.74 Å². The fraction of sp³-hybridized carbons (Fsp3) is 0.583. The molecule has 2 rings (SSSR count). The molecule has 5 heteroatoms. The third-order valence-corrected chi connectivity index (χ3v) is 5.11. The summed E-state index contributed by atoms with van der Waals surface area (Å²) >= 11 is 0. The molecule has 1 saturated carbocycles. The fourth-order valence-electron chi connectivity index (χ4n) is 3.64. The standard InChI is InChI=1S/C24H34O5/c1-4-8-23(25)29-22-10-7-6-9-20(22)16-19-11-13-21(14-12-19)28-17-18(3)15-24(26)27-5-2/h11-15,20,22H,4-10,16-17H2,1-3H3/b18-15+/t20-,22-/m0/s1. The Balaban J connectivity index is 1.87. The highest BCUT2D eigenvalue weighted by molar-refractivity contribution is 5.82. The van der Waals surface area contributed by atoms with Crippen molar-refractivity contribution in [2.75, 3.05) is 13.2 Å². The predicted octanol–water partition coefficient (Wildman–Crippen LogP) is 5.02. The van der Waals surface area contributed by atoms with Crippen LogP contribution in [0.1, 0.15) is 64.9 Å². The molecule has 0 bridgehead atoms. The molecule has 0 saturated heterocycles. The Bertz CT molecular complexity index is 677. The third kappa shape index (κ3) is 8.30. The van der Waals surface area contributed by atoms with Gasteiger partial charge < -0.3 is 14.2 Å². The summed E-state index contributed by atoms with van der Waals surface area (Å²) in [7, 11) is 0. The molecule has 0 N–H and O–H groups in total. The van der Waals surface area contributed by atoms with Crippen LogP contribution in [0.3, 0.4) is 0 Å². The first-order valence-electron chi connectivity index (χ1n) is 10.8. The molecule has 5 nitrogen and oxygen atoms in total. The first-order chi connectivity index (χ1) is 14.0. The average Bonchev–Trinajstić information content (AvgIpc) is 2.69. The van der Waals surface area contributed by atoms with Crippen LogP contribution in [0.5, 0.6) is 5.75 Å². The number of carbonyl (C=O) groups is 2. The zero-order valence-electron chi connectivity index (χ0n) is 17.9. The quantitative estimate of drug-likeness (QED) is 0.406. The Kier molecular flexibility index (Phi) is 9.75. The number of esters is 2. The lowest BCUT2D eigenvalue weighted by molar-refractivity contribution is -0.153. The lowest BCUT2D eigenvalue weighted by Crippen LogP contribution is -2.31. The van der Waals surface area contributed by atoms with Gasteiger partial charge in [0.25, 0.3) is 0 Å². The maximum atomic E-state index is 11.9. The van der Waals surface area contributed by atoms with Gasteiger partial charge in [0.05, 0.1) is 6.61 Å². The largest absolute Gasteiger partial charge is 0.489 e. The number of hydrogen-bond donors (Lipinski definition) is 0. The van der Waals surface area contributed by atoms with Gasteiger partial charge >= 0.3 is 11.9 Å². The molecule has 0 heterocycles. The van der Waals surface area contributed by atoms with E-state index < -0.39 is 0 Å². The van der Waals surface area contributed by atoms with Crippen LogP contribution in [0.15, 0.2) is 35.9 Å². The molecule has 0 spiro atoms. The lowest BCUT2D eigenvalue weighted by atomic mass is 9.82. The van der Waals surface area contributed by atoms with Gasteiger partial charge in [0.15, 0.2) is 0 Å². The molecule has 1 aliphatic carbocycles. The van der Waals surface area contributed by atoms with Crippen LogP contribution in [-0.4, -0.2) is 31.3 Å². The molecular formula is C24H34O5. The molecule has 0 radical (unpaired) electrons. The highest BCUT2D eigenvalue weighted by Crippen LogP contribution is 2.30. The number of carbonyl (C=O) groups excluding carboxylic acids is 2. The molecule has 1 aromatic carbocycles. The van der Waals surface area contributed by atoms with Crippen molar-refractivity contribution in [3.8, 4) is 5.75 Å². The number of hydrogen-bond acceptors (Lipinski definition) is 5. The zero-order valence-corrected chi connectivity index (χ0v) is 17.9. The van der Waals surface area contributed by atoms with E-state index in [4.69, 9.17) is 14.2 Å². The van der Waals surface area contributed by atoms with E-state index in [-0.39, 0.29) is 18.0 Å². The summed E-state index contributed by atoms with van der Waals surface area (Å²) in [5.41, 5.74) is 2.03. The van der Waals surface area contributed by atoms with Crippen molar-refractivity contribution in [2.45, 2.75) is 71.8 Å². The summed E-state index contributed by atoms with van der Waals surface area (Å²) in [6.07, 6.45) is 8.12. The van der Waals surface area contributed by atoms with Gasteiger partial charge in [0.2, 0.25) is 0 Å². The zero-order chi connectivity index (χ0) is 21.1. The minimum Gasteiger partial charge on any atom is -0.489 e. The highest BCUT2D eigenvalue weighted by atomic mass is 16.5. The topological polar surface area (TPSA) is 61.8 Å². The summed E-state index contributed by atoms with van der Waals surface area (Å²) in [6.45, 7) is 6.33. The summed E-state index contributed by atoms with van der Waals surface area (Å²) in [5.74, 6) is 0.732. The van der Waals surface area contributed by atoms with E-state index in [1.807, 2.05) is 26.0 Å². The first kappa shape index (κ1) is 23.0. The van der Waals surface area contributed by atoms with E-state index >= 15 is 0 Å². The summed E-state index contributed by atoms with van der Waals surface area (Å²) in [6, 6.07) is 8.04. The van der Waals surface area contributed by atoms with E-state index in [2.05, 4.69) is 12.1 Å². The molecule has 1 aliphatic rings. The first-order valence-corrected chi connectivity index (χ1v) is 10.8. The third-order valence-electron chi connectivity index (χ3n) is 5.11. The molecule has 2 atom stereocenters. The van der Waals surface area contributed by atoms with Crippen molar-refractivity contribution in [3.63, 3.8) is 0 Å². The summed E-state index contributed by atoms with van der Waals surface area (Å²) in [5, 5.41) is 0. The van der Waals surface area contributed by atoms with E-state index in [0.717, 1.165) is 43.4 Å². The molecule has 160 valence electrons. The number of ether oxygens (including phenoxy) is 3. The van der Waals surface area contributed by atoms with Gasteiger partial charge in [-0.15, -0.1) is 0 Å². The highest BCUT2D eigenvalue weighted by Gasteiger charge is 2.28. The van der Waals surface area contributed by atoms with Crippen LogP contribution in [0.25, 0.3) is 0 Å². The minimum absolute atomic E-state index is 0.0365. The molecule has 0 unspecified atom stereocenters. The van der Waals surface area contributed by atoms with Crippen LogP contribution in [0.2, 0.25) is 0 Å². The van der Waals surface area contributed by atoms with Crippen LogP contribution in [-0.2, 0) is 25.5 Å². The number of benzene rings is 1. The fourth-order valence-corrected chi connectivity index (χ4v) is 3.64. The van der Waals surface area contributed by atoms with Crippen molar-refractivity contribution in [2.24, 2.45) is 5.92 Å². The summed E-state index contributed by atoms with van der Waals surface area (Å²) in [4.78, 5) is 23.4. The van der Waals surface area contributed by atoms with Gasteiger partial charge in [-0.05, 0) is 75.1 Å². The Morgan fingerprint density at radius 3 is 2.52 bits per heavy atom. The Labute approximate surface area is 174 Å². The lowest BCUT2D eigenvalue weighted by Gasteiger charge is -2.31. The molecular weight excluding hydrogens is 368 g/mol. The summed E-state index contributed by atoms with van der Waals surface area (Å²) < 4.78 is 16.4. The maximum Gasteiger partial charge on any atom is 0.330 e. The van der Waals surface area contributed by atoms with Crippen molar-refractivity contribution in [1.29, 1.82) is 0 Å². The van der Waals surface area contributed by atoms with E-state index in [9.17, 15) is 9.59 Å². The minimum atomic E-state index is -0.342. The molecule has 0 aliphatic heterocycles. The molecule has 0 amide bonds. The van der Waals surface area contributed by atoms with Gasteiger partial charge in [0, 0.05) is 12.5 Å². The molecule has 29 heavy (non-hydrogen) atoms. The van der Waals surface area contributed by atoms with Crippen molar-refractivity contribution < 1.29 is 23.8 Å². The van der Waals surface area contributed by atoms with Gasteiger partial charge in [0.1, 0.15) is 18.5 Å². The second-order valence-corrected chi connectivity index (χ2v) is 7.70. The molecule has 1 fully saturated rings. The van der Waals surface area contributed by atoms with Gasteiger partial charge in [-0.1, -0.05) is 25.5 Å². The Morgan fingerprint density at radius 2 is 1.83 bits per heavy atom. The molecule has 1 aromatic rings. The van der Waals surface area contributed by atoms with Gasteiger partial charge in [-0.3, -0.25) is 4.79 Å². The predicted molar refractivity (Wildman–Crippen MR) is 113 cm³/mol. The smallest absolute Gasteiger partial charge is 0.330 e. The van der Waals surface area contributed by atoms with Crippen molar-refractivity contribution >= 4 is 11.9 Å². The van der Waals surface area contributed by atoms with E-state index in [1.54, 1.807) is 6.92 Å². The van der Waals surface area contributed by atoms with Gasteiger partial charge in [-0.2, -0.15) is 0 Å². The van der Waals surface area contributed by atoms with E-state index in [0.29, 0.717) is 25.6 Å². The van der Waals surface area contributed by atoms with Crippen LogP contribution >= 0.6 is 0 Å². The van der Waals surface area contributed by atoms with Crippen molar-refractivity contribution in [1.82, 2.24) is 0 Å². The monoisotopic (exact) mass is 402 g/mol. The Morgan fingerprint density at radius 1 is 1.10 bits per heavy atom. The SMILES string of the molecule is CCCC(=O)O[C@H]1CCCC[C@H]1Cc1ccc(OC/C(C)=C/C(=O)OCC)cc1. The maximum absolute atomic E-state index is 11.9. The number of rotatable bonds is 10. The second kappa shape index (κ2) is 12.3. The van der Waals surface area contributed by atoms with E-state index in [1.165, 1.54) is 18.1 Å². The Hall–Kier alpha value is -2.30. The average molecular weight is 403 g/mol. The van der Waals surface area contributed by atoms with Crippen molar-refractivity contribution in [3.05, 3.63) is 41.5 Å². The van der Waals surface area contributed by atoms with Gasteiger partial charge in [-0.25, -0.2) is 4.79 Å². The van der Waals surface area contributed by atoms with Crippen LogP contribution in [0.4, 0.5) is 0 Å². The second-order valence-electron chi connectivity index (χ2n) is 7.70. The van der Waals surface area contributed by atoms with Crippen LogP contribution in [0, 0.1) is 5.92 Å². The molecule has 0 aromatic heterocycles.